The lowest BCUT2D eigenvalue weighted by Crippen LogP contribution is -2.49. The van der Waals surface area contributed by atoms with Crippen LogP contribution in [0, 0.1) is 10.1 Å². The van der Waals surface area contributed by atoms with Gasteiger partial charge in [-0.25, -0.2) is 0 Å². The van der Waals surface area contributed by atoms with Crippen molar-refractivity contribution in [3.63, 3.8) is 0 Å². The van der Waals surface area contributed by atoms with Crippen molar-refractivity contribution in [3.05, 3.63) is 39.4 Å². The number of nitro benzene ring substituents is 1. The second-order valence-electron chi connectivity index (χ2n) is 7.61. The zero-order valence-electron chi connectivity index (χ0n) is 17.0. The van der Waals surface area contributed by atoms with E-state index in [9.17, 15) is 34.1 Å². The van der Waals surface area contributed by atoms with Crippen molar-refractivity contribution in [2.45, 2.75) is 38.6 Å². The Morgan fingerprint density at radius 2 is 1.74 bits per heavy atom. The summed E-state index contributed by atoms with van der Waals surface area (Å²) >= 11 is 0. The number of likely N-dealkylation sites (tertiary alicyclic amines) is 1. The van der Waals surface area contributed by atoms with Gasteiger partial charge in [0.1, 0.15) is 12.3 Å². The molecule has 11 heteroatoms. The number of carbonyl (C=O) groups excluding carboxylic acids is 5. The molecule has 1 aromatic carbocycles. The van der Waals surface area contributed by atoms with Gasteiger partial charge in [0, 0.05) is 44.1 Å². The van der Waals surface area contributed by atoms with E-state index in [0.717, 1.165) is 17.0 Å². The molecule has 1 N–H and O–H groups in total. The van der Waals surface area contributed by atoms with Crippen molar-refractivity contribution in [3.8, 4) is 0 Å². The second kappa shape index (κ2) is 9.02. The standard InChI is InChI=1S/C20H22N4O7/c1-12(25)2-5-17(26)21-13-6-8-22(9-7-13)18(27)11-23-19(28)15-4-3-14(24(30)31)10-16(15)20(23)29/h3-4,10,13H,2,5-9,11H2,1H3,(H,21,26). The predicted molar refractivity (Wildman–Crippen MR) is 106 cm³/mol. The van der Waals surface area contributed by atoms with Crippen LogP contribution in [-0.4, -0.2) is 69.8 Å². The average Bonchev–Trinajstić information content (AvgIpc) is 2.97. The number of hydrogen-bond donors (Lipinski definition) is 1. The Bertz CT molecular complexity index is 966. The van der Waals surface area contributed by atoms with E-state index in [1.54, 1.807) is 0 Å². The third-order valence-corrected chi connectivity index (χ3v) is 5.38. The fourth-order valence-electron chi connectivity index (χ4n) is 3.63. The summed E-state index contributed by atoms with van der Waals surface area (Å²) in [4.78, 5) is 73.0. The molecule has 0 atom stereocenters. The van der Waals surface area contributed by atoms with Crippen LogP contribution in [0.25, 0.3) is 0 Å². The fraction of sp³-hybridized carbons (Fsp3) is 0.450. The average molecular weight is 430 g/mol. The smallest absolute Gasteiger partial charge is 0.270 e. The molecule has 1 saturated heterocycles. The van der Waals surface area contributed by atoms with Crippen LogP contribution in [0.4, 0.5) is 5.69 Å². The van der Waals surface area contributed by atoms with E-state index in [-0.39, 0.29) is 47.4 Å². The monoisotopic (exact) mass is 430 g/mol. The Hall–Kier alpha value is -3.63. The Morgan fingerprint density at radius 3 is 2.35 bits per heavy atom. The highest BCUT2D eigenvalue weighted by molar-refractivity contribution is 6.22. The number of hydrogen-bond acceptors (Lipinski definition) is 7. The molecule has 0 spiro atoms. The van der Waals surface area contributed by atoms with Crippen LogP contribution in [0.15, 0.2) is 18.2 Å². The summed E-state index contributed by atoms with van der Waals surface area (Å²) < 4.78 is 0. The Kier molecular flexibility index (Phi) is 6.42. The maximum Gasteiger partial charge on any atom is 0.270 e. The topological polar surface area (TPSA) is 147 Å². The third kappa shape index (κ3) is 4.93. The van der Waals surface area contributed by atoms with Gasteiger partial charge in [-0.1, -0.05) is 0 Å². The number of piperidine rings is 1. The lowest BCUT2D eigenvalue weighted by Gasteiger charge is -2.33. The summed E-state index contributed by atoms with van der Waals surface area (Å²) in [5, 5.41) is 13.8. The summed E-state index contributed by atoms with van der Waals surface area (Å²) in [5.74, 6) is -2.07. The molecule has 1 fully saturated rings. The third-order valence-electron chi connectivity index (χ3n) is 5.38. The number of nitrogens with one attached hydrogen (secondary N) is 1. The molecule has 0 unspecified atom stereocenters. The molecule has 0 radical (unpaired) electrons. The van der Waals surface area contributed by atoms with Crippen molar-refractivity contribution < 1.29 is 28.9 Å². The van der Waals surface area contributed by atoms with Gasteiger partial charge in [-0.3, -0.25) is 34.2 Å². The van der Waals surface area contributed by atoms with Crippen LogP contribution in [0.5, 0.6) is 0 Å². The van der Waals surface area contributed by atoms with Crippen molar-refractivity contribution in [1.29, 1.82) is 0 Å². The fourth-order valence-corrected chi connectivity index (χ4v) is 3.63. The summed E-state index contributed by atoms with van der Waals surface area (Å²) in [7, 11) is 0. The van der Waals surface area contributed by atoms with Crippen molar-refractivity contribution in [2.75, 3.05) is 19.6 Å². The van der Waals surface area contributed by atoms with E-state index in [4.69, 9.17) is 0 Å². The van der Waals surface area contributed by atoms with Gasteiger partial charge in [-0.05, 0) is 25.8 Å². The number of rotatable bonds is 7. The minimum absolute atomic E-state index is 0.0374. The number of nitro groups is 1. The van der Waals surface area contributed by atoms with E-state index in [0.29, 0.717) is 25.9 Å². The summed E-state index contributed by atoms with van der Waals surface area (Å²) in [6.45, 7) is 1.68. The molecular weight excluding hydrogens is 408 g/mol. The van der Waals surface area contributed by atoms with Crippen molar-refractivity contribution in [2.24, 2.45) is 0 Å². The van der Waals surface area contributed by atoms with Crippen LogP contribution in [-0.2, 0) is 14.4 Å². The first-order chi connectivity index (χ1) is 14.7. The molecule has 2 heterocycles. The maximum absolute atomic E-state index is 12.6. The number of benzene rings is 1. The number of amides is 4. The molecule has 0 saturated carbocycles. The lowest BCUT2D eigenvalue weighted by atomic mass is 10.0. The molecule has 0 aromatic heterocycles. The van der Waals surface area contributed by atoms with Crippen molar-refractivity contribution >= 4 is 35.1 Å². The van der Waals surface area contributed by atoms with E-state index < -0.39 is 29.2 Å². The number of nitrogens with zero attached hydrogens (tertiary/aromatic N) is 3. The number of non-ortho nitro benzene ring substituents is 1. The highest BCUT2D eigenvalue weighted by Crippen LogP contribution is 2.27. The molecule has 4 amide bonds. The number of fused-ring (bicyclic) bond motifs is 1. The second-order valence-corrected chi connectivity index (χ2v) is 7.61. The highest BCUT2D eigenvalue weighted by Gasteiger charge is 2.38. The number of imide groups is 1. The Labute approximate surface area is 177 Å². The number of ketones is 1. The van der Waals surface area contributed by atoms with E-state index in [1.165, 1.54) is 17.9 Å². The molecule has 11 nitrogen and oxygen atoms in total. The molecule has 31 heavy (non-hydrogen) atoms. The van der Waals surface area contributed by atoms with Gasteiger partial charge >= 0.3 is 0 Å². The van der Waals surface area contributed by atoms with E-state index >= 15 is 0 Å². The summed E-state index contributed by atoms with van der Waals surface area (Å²) in [6.07, 6.45) is 1.36. The first-order valence-corrected chi connectivity index (χ1v) is 9.88. The van der Waals surface area contributed by atoms with Gasteiger partial charge in [-0.15, -0.1) is 0 Å². The minimum Gasteiger partial charge on any atom is -0.353 e. The molecule has 2 aliphatic heterocycles. The van der Waals surface area contributed by atoms with Crippen molar-refractivity contribution in [1.82, 2.24) is 15.1 Å². The maximum atomic E-state index is 12.6. The zero-order valence-corrected chi connectivity index (χ0v) is 17.0. The van der Waals surface area contributed by atoms with Crippen LogP contribution in [0.3, 0.4) is 0 Å². The minimum atomic E-state index is -0.732. The molecule has 2 aliphatic rings. The molecule has 164 valence electrons. The molecular formula is C20H22N4O7. The van der Waals surface area contributed by atoms with E-state index in [1.807, 2.05) is 0 Å². The van der Waals surface area contributed by atoms with Gasteiger partial charge in [0.15, 0.2) is 0 Å². The van der Waals surface area contributed by atoms with Crippen LogP contribution in [0.1, 0.15) is 53.3 Å². The van der Waals surface area contributed by atoms with Gasteiger partial charge in [0.25, 0.3) is 17.5 Å². The largest absolute Gasteiger partial charge is 0.353 e. The van der Waals surface area contributed by atoms with Gasteiger partial charge < -0.3 is 15.0 Å². The van der Waals surface area contributed by atoms with Gasteiger partial charge in [0.2, 0.25) is 11.8 Å². The normalized spacial score (nSPS) is 16.3. The molecule has 1 aromatic rings. The summed E-state index contributed by atoms with van der Waals surface area (Å²) in [6, 6.07) is 3.30. The zero-order chi connectivity index (χ0) is 22.7. The number of carbonyl (C=O) groups is 5. The first kappa shape index (κ1) is 22.1. The van der Waals surface area contributed by atoms with Gasteiger partial charge in [-0.2, -0.15) is 0 Å². The predicted octanol–water partition coefficient (Wildman–Crippen LogP) is 0.667. The molecule has 0 aliphatic carbocycles. The van der Waals surface area contributed by atoms with Crippen LogP contribution < -0.4 is 5.32 Å². The first-order valence-electron chi connectivity index (χ1n) is 9.88. The van der Waals surface area contributed by atoms with E-state index in [2.05, 4.69) is 5.32 Å². The van der Waals surface area contributed by atoms with Crippen LogP contribution in [0.2, 0.25) is 0 Å². The molecule has 3 rings (SSSR count). The Balaban J connectivity index is 1.54. The summed E-state index contributed by atoms with van der Waals surface area (Å²) in [5.41, 5.74) is -0.352. The highest BCUT2D eigenvalue weighted by atomic mass is 16.6. The number of Topliss-reactive ketones (excluding diaryl/α,β-unsaturated/α-hetero) is 1. The lowest BCUT2D eigenvalue weighted by molar-refractivity contribution is -0.384. The molecule has 0 bridgehead atoms. The SMILES string of the molecule is CC(=O)CCC(=O)NC1CCN(C(=O)CN2C(=O)c3ccc([N+](=O)[O-])cc3C2=O)CC1. The quantitative estimate of drug-likeness (QED) is 0.380. The Morgan fingerprint density at radius 1 is 1.10 bits per heavy atom. The van der Waals surface area contributed by atoms with Gasteiger partial charge in [0.05, 0.1) is 16.1 Å². The van der Waals surface area contributed by atoms with Crippen LogP contribution >= 0.6 is 0 Å².